The van der Waals surface area contributed by atoms with Crippen LogP contribution in [0, 0.1) is 24.3 Å². The Hall–Kier alpha value is -3.15. The summed E-state index contributed by atoms with van der Waals surface area (Å²) in [6.45, 7) is 7.96. The van der Waals surface area contributed by atoms with Crippen molar-refractivity contribution in [1.82, 2.24) is 10.7 Å². The minimum Gasteiger partial charge on any atom is -0.490 e. The van der Waals surface area contributed by atoms with Crippen LogP contribution in [0.5, 0.6) is 11.5 Å². The van der Waals surface area contributed by atoms with E-state index in [9.17, 15) is 14.4 Å². The van der Waals surface area contributed by atoms with Crippen molar-refractivity contribution >= 4 is 52.2 Å². The Kier molecular flexibility index (Phi) is 9.07. The lowest BCUT2D eigenvalue weighted by atomic mass is 10.1. The maximum atomic E-state index is 12.6. The minimum absolute atomic E-state index is 0.0899. The molecule has 1 saturated carbocycles. The number of benzene rings is 2. The molecule has 1 aliphatic carbocycles. The van der Waals surface area contributed by atoms with Crippen LogP contribution in [0.4, 0.5) is 5.69 Å². The van der Waals surface area contributed by atoms with Crippen molar-refractivity contribution in [3.05, 3.63) is 50.1 Å². The molecule has 0 bridgehead atoms. The molecule has 3 N–H and O–H groups in total. The topological polar surface area (TPSA) is 118 Å². The number of amides is 3. The summed E-state index contributed by atoms with van der Waals surface area (Å²) < 4.78 is 12.2. The first kappa shape index (κ1) is 26.5. The maximum Gasteiger partial charge on any atom is 0.329 e. The van der Waals surface area contributed by atoms with Gasteiger partial charge in [-0.2, -0.15) is 5.10 Å². The molecule has 0 aromatic heterocycles. The molecule has 10 heteroatoms. The Morgan fingerprint density at radius 2 is 1.74 bits per heavy atom. The Morgan fingerprint density at radius 1 is 1.06 bits per heavy atom. The van der Waals surface area contributed by atoms with Crippen molar-refractivity contribution in [2.75, 3.05) is 18.5 Å². The number of carbonyl (C=O) groups is 3. The van der Waals surface area contributed by atoms with E-state index in [1.54, 1.807) is 12.1 Å². The number of ether oxygens (including phenoxy) is 2. The number of hydrogen-bond donors (Lipinski definition) is 3. The number of aryl methyl sites for hydroxylation is 3. The van der Waals surface area contributed by atoms with Crippen LogP contribution in [-0.4, -0.2) is 43.2 Å². The standard InChI is InChI=1S/C25H29IN4O5/c1-5-34-20-11-17(12-27-30-25(33)24(32)28-18-6-7-18)10-19(26)23(20)35-13-21(31)29-22-15(3)8-14(2)9-16(22)4/h8-12,18H,5-7,13H2,1-4H3,(H,28,32)(H,29,31)(H,30,33)/b27-12-. The second-order valence-electron chi connectivity index (χ2n) is 8.32. The number of hydrogen-bond acceptors (Lipinski definition) is 6. The highest BCUT2D eigenvalue weighted by molar-refractivity contribution is 14.1. The van der Waals surface area contributed by atoms with E-state index in [-0.39, 0.29) is 18.6 Å². The quantitative estimate of drug-likeness (QED) is 0.179. The van der Waals surface area contributed by atoms with Gasteiger partial charge in [0.25, 0.3) is 5.91 Å². The van der Waals surface area contributed by atoms with Crippen LogP contribution in [0.1, 0.15) is 42.0 Å². The van der Waals surface area contributed by atoms with Crippen LogP contribution in [0.2, 0.25) is 0 Å². The van der Waals surface area contributed by atoms with Gasteiger partial charge < -0.3 is 20.1 Å². The molecule has 0 unspecified atom stereocenters. The summed E-state index contributed by atoms with van der Waals surface area (Å²) in [6, 6.07) is 7.58. The molecule has 1 fully saturated rings. The summed E-state index contributed by atoms with van der Waals surface area (Å²) in [5, 5.41) is 9.37. The van der Waals surface area contributed by atoms with E-state index in [0.717, 1.165) is 35.2 Å². The molecule has 186 valence electrons. The molecule has 0 heterocycles. The largest absolute Gasteiger partial charge is 0.490 e. The van der Waals surface area contributed by atoms with Gasteiger partial charge in [-0.25, -0.2) is 5.43 Å². The summed E-state index contributed by atoms with van der Waals surface area (Å²) in [5.74, 6) is -0.930. The highest BCUT2D eigenvalue weighted by atomic mass is 127. The van der Waals surface area contributed by atoms with E-state index in [1.165, 1.54) is 6.21 Å². The number of hydrazone groups is 1. The minimum atomic E-state index is -0.821. The number of anilines is 1. The summed E-state index contributed by atoms with van der Waals surface area (Å²) in [5.41, 5.74) is 6.73. The molecule has 9 nitrogen and oxygen atoms in total. The van der Waals surface area contributed by atoms with E-state index in [2.05, 4.69) is 43.8 Å². The number of nitrogens with zero attached hydrogens (tertiary/aromatic N) is 1. The van der Waals surface area contributed by atoms with Crippen molar-refractivity contribution in [3.63, 3.8) is 0 Å². The molecule has 2 aromatic carbocycles. The molecule has 0 saturated heterocycles. The fourth-order valence-corrected chi connectivity index (χ4v) is 4.23. The predicted molar refractivity (Wildman–Crippen MR) is 142 cm³/mol. The van der Waals surface area contributed by atoms with Crippen molar-refractivity contribution in [2.24, 2.45) is 5.10 Å². The first-order valence-electron chi connectivity index (χ1n) is 11.3. The third-order valence-corrected chi connectivity index (χ3v) is 5.92. The molecular weight excluding hydrogens is 563 g/mol. The van der Waals surface area contributed by atoms with Crippen LogP contribution >= 0.6 is 22.6 Å². The van der Waals surface area contributed by atoms with E-state index >= 15 is 0 Å². The molecule has 0 radical (unpaired) electrons. The van der Waals surface area contributed by atoms with Gasteiger partial charge in [0, 0.05) is 11.7 Å². The van der Waals surface area contributed by atoms with Gasteiger partial charge in [-0.3, -0.25) is 14.4 Å². The van der Waals surface area contributed by atoms with Gasteiger partial charge in [0.2, 0.25) is 0 Å². The molecule has 2 aromatic rings. The lowest BCUT2D eigenvalue weighted by molar-refractivity contribution is -0.139. The van der Waals surface area contributed by atoms with Gasteiger partial charge in [0.1, 0.15) is 0 Å². The Bertz CT molecular complexity index is 1140. The Labute approximate surface area is 218 Å². The first-order valence-corrected chi connectivity index (χ1v) is 12.4. The lowest BCUT2D eigenvalue weighted by Gasteiger charge is -2.16. The smallest absolute Gasteiger partial charge is 0.329 e. The zero-order chi connectivity index (χ0) is 25.5. The summed E-state index contributed by atoms with van der Waals surface area (Å²) in [6.07, 6.45) is 3.19. The predicted octanol–water partition coefficient (Wildman–Crippen LogP) is 3.36. The van der Waals surface area contributed by atoms with Gasteiger partial charge in [-0.15, -0.1) is 0 Å². The van der Waals surface area contributed by atoms with Gasteiger partial charge in [0.15, 0.2) is 18.1 Å². The number of halogens is 1. The second kappa shape index (κ2) is 12.0. The SMILES string of the molecule is CCOc1cc(/C=N\NC(=O)C(=O)NC2CC2)cc(I)c1OCC(=O)Nc1c(C)cc(C)cc1C. The number of rotatable bonds is 9. The molecule has 0 atom stereocenters. The first-order chi connectivity index (χ1) is 16.7. The molecule has 1 aliphatic rings. The van der Waals surface area contributed by atoms with Gasteiger partial charge in [-0.1, -0.05) is 17.7 Å². The summed E-state index contributed by atoms with van der Waals surface area (Å²) in [7, 11) is 0. The van der Waals surface area contributed by atoms with Crippen LogP contribution in [0.3, 0.4) is 0 Å². The average Bonchev–Trinajstić information content (AvgIpc) is 3.59. The van der Waals surface area contributed by atoms with Crippen molar-refractivity contribution in [1.29, 1.82) is 0 Å². The van der Waals surface area contributed by atoms with E-state index in [0.29, 0.717) is 27.2 Å². The fraction of sp³-hybridized carbons (Fsp3) is 0.360. The molecule has 3 amide bonds. The van der Waals surface area contributed by atoms with Crippen molar-refractivity contribution in [2.45, 2.75) is 46.6 Å². The third kappa shape index (κ3) is 7.67. The Morgan fingerprint density at radius 3 is 2.37 bits per heavy atom. The van der Waals surface area contributed by atoms with Gasteiger partial charge >= 0.3 is 11.8 Å². The molecule has 3 rings (SSSR count). The maximum absolute atomic E-state index is 12.6. The second-order valence-corrected chi connectivity index (χ2v) is 9.48. The monoisotopic (exact) mass is 592 g/mol. The highest BCUT2D eigenvalue weighted by Crippen LogP contribution is 2.34. The number of nitrogens with one attached hydrogen (secondary N) is 3. The van der Waals surface area contributed by atoms with Crippen LogP contribution in [0.15, 0.2) is 29.4 Å². The van der Waals surface area contributed by atoms with E-state index < -0.39 is 11.8 Å². The molecule has 35 heavy (non-hydrogen) atoms. The van der Waals surface area contributed by atoms with Crippen molar-refractivity contribution < 1.29 is 23.9 Å². The zero-order valence-electron chi connectivity index (χ0n) is 20.2. The summed E-state index contributed by atoms with van der Waals surface area (Å²) in [4.78, 5) is 36.1. The Balaban J connectivity index is 1.64. The molecule has 0 spiro atoms. The average molecular weight is 592 g/mol. The fourth-order valence-electron chi connectivity index (χ4n) is 3.45. The highest BCUT2D eigenvalue weighted by Gasteiger charge is 2.26. The lowest BCUT2D eigenvalue weighted by Crippen LogP contribution is -2.38. The van der Waals surface area contributed by atoms with Crippen LogP contribution < -0.4 is 25.5 Å². The normalized spacial score (nSPS) is 12.8. The van der Waals surface area contributed by atoms with Crippen LogP contribution in [-0.2, 0) is 14.4 Å². The zero-order valence-corrected chi connectivity index (χ0v) is 22.3. The molecule has 0 aliphatic heterocycles. The number of carbonyl (C=O) groups excluding carboxylic acids is 3. The van der Waals surface area contributed by atoms with E-state index in [4.69, 9.17) is 9.47 Å². The molecular formula is C25H29IN4O5. The summed E-state index contributed by atoms with van der Waals surface area (Å²) >= 11 is 2.08. The third-order valence-electron chi connectivity index (χ3n) is 5.12. The van der Waals surface area contributed by atoms with Crippen LogP contribution in [0.25, 0.3) is 0 Å². The van der Waals surface area contributed by atoms with Gasteiger partial charge in [-0.05, 0) is 92.0 Å². The van der Waals surface area contributed by atoms with E-state index in [1.807, 2.05) is 39.8 Å². The van der Waals surface area contributed by atoms with Gasteiger partial charge in [0.05, 0.1) is 16.4 Å². The van der Waals surface area contributed by atoms with Crippen molar-refractivity contribution in [3.8, 4) is 11.5 Å².